The van der Waals surface area contributed by atoms with Gasteiger partial charge in [0.05, 0.1) is 19.0 Å². The van der Waals surface area contributed by atoms with E-state index in [0.717, 1.165) is 11.2 Å². The summed E-state index contributed by atoms with van der Waals surface area (Å²) in [7, 11) is 1.31. The molecule has 246 valence electrons. The molecule has 13 N–H and O–H groups in total. The molecule has 43 heavy (non-hydrogen) atoms. The maximum atomic E-state index is 12.5. The lowest BCUT2D eigenvalue weighted by Gasteiger charge is -2.47. The van der Waals surface area contributed by atoms with Crippen LogP contribution in [0.3, 0.4) is 0 Å². The highest BCUT2D eigenvalue weighted by Crippen LogP contribution is 2.39. The lowest BCUT2D eigenvalue weighted by Crippen LogP contribution is -2.67. The molecule has 15 atom stereocenters. The van der Waals surface area contributed by atoms with Gasteiger partial charge >= 0.3 is 0 Å². The molecule has 19 nitrogen and oxygen atoms in total. The van der Waals surface area contributed by atoms with Crippen LogP contribution in [0.4, 0.5) is 0 Å². The Hall–Kier alpha value is -2.56. The third kappa shape index (κ3) is 6.61. The second-order valence-corrected chi connectivity index (χ2v) is 10.7. The molecule has 1 aliphatic carbocycles. The van der Waals surface area contributed by atoms with E-state index in [4.69, 9.17) is 36.1 Å². The van der Waals surface area contributed by atoms with E-state index >= 15 is 0 Å². The number of aliphatic hydroxyl groups excluding tert-OH is 6. The number of carbonyl (C=O) groups excluding carboxylic acids is 2. The first-order chi connectivity index (χ1) is 20.2. The van der Waals surface area contributed by atoms with E-state index in [-0.39, 0.29) is 12.7 Å². The number of aliphatic hydroxyl groups is 7. The number of carbonyl (C=O) groups is 2. The van der Waals surface area contributed by atoms with Crippen molar-refractivity contribution >= 4 is 24.5 Å². The van der Waals surface area contributed by atoms with Gasteiger partial charge in [0.25, 0.3) is 0 Å². The van der Waals surface area contributed by atoms with Crippen molar-refractivity contribution in [1.29, 1.82) is 0 Å². The molecule has 3 fully saturated rings. The van der Waals surface area contributed by atoms with Gasteiger partial charge in [-0.05, 0) is 6.92 Å². The van der Waals surface area contributed by atoms with Crippen molar-refractivity contribution in [2.45, 2.75) is 112 Å². The summed E-state index contributed by atoms with van der Waals surface area (Å²) in [5, 5.41) is 74.9. The number of nitrogens with two attached hydrogens (primary N) is 3. The lowest BCUT2D eigenvalue weighted by atomic mass is 9.81. The van der Waals surface area contributed by atoms with Crippen molar-refractivity contribution in [3.63, 3.8) is 0 Å². The zero-order valence-electron chi connectivity index (χ0n) is 23.8. The van der Waals surface area contributed by atoms with E-state index in [0.29, 0.717) is 0 Å². The van der Waals surface area contributed by atoms with E-state index in [9.17, 15) is 45.3 Å². The summed E-state index contributed by atoms with van der Waals surface area (Å²) in [4.78, 5) is 33.5. The van der Waals surface area contributed by atoms with Crippen LogP contribution < -0.4 is 17.2 Å². The average molecular weight is 623 g/mol. The van der Waals surface area contributed by atoms with Crippen LogP contribution in [0.5, 0.6) is 0 Å². The highest BCUT2D eigenvalue weighted by Gasteiger charge is 2.61. The second kappa shape index (κ2) is 14.0. The van der Waals surface area contributed by atoms with Crippen LogP contribution in [0.15, 0.2) is 9.98 Å². The molecule has 1 saturated carbocycles. The molecule has 0 aromatic carbocycles. The Morgan fingerprint density at radius 1 is 1.00 bits per heavy atom. The molecule has 2 saturated heterocycles. The summed E-state index contributed by atoms with van der Waals surface area (Å²) in [5.74, 6) is -1.02. The first kappa shape index (κ1) is 34.9. The maximum absolute atomic E-state index is 12.5. The number of rotatable bonds is 10. The van der Waals surface area contributed by atoms with Gasteiger partial charge < -0.3 is 76.8 Å². The normalized spacial score (nSPS) is 45.2. The molecule has 0 aromatic rings. The van der Waals surface area contributed by atoms with Crippen molar-refractivity contribution < 1.29 is 64.3 Å². The Labute approximate surface area is 246 Å². The Morgan fingerprint density at radius 3 is 2.19 bits per heavy atom. The molecule has 3 rings (SSSR count). The maximum Gasteiger partial charge on any atom is 0.222 e. The zero-order chi connectivity index (χ0) is 32.4. The van der Waals surface area contributed by atoms with Gasteiger partial charge in [-0.25, -0.2) is 4.99 Å². The van der Waals surface area contributed by atoms with Gasteiger partial charge in [-0.15, -0.1) is 0 Å². The van der Waals surface area contributed by atoms with Gasteiger partial charge in [-0.2, -0.15) is 0 Å². The van der Waals surface area contributed by atoms with E-state index in [2.05, 4.69) is 9.98 Å². The molecule has 2 heterocycles. The fraction of sp³-hybridized carbons (Fsp3) is 0.833. The van der Waals surface area contributed by atoms with Crippen LogP contribution in [-0.2, 0) is 28.5 Å². The SMILES string of the molecule is CCC(=O)N(C)[C@@H]1[C@H](O[C@H]2[C@@H](O[C@H]3[C@H](O)[C@@H](O)[C@H](N=CN)[C@H](O)[C@@H]3N=C(N)N)O[C@@H](C)[C@]2(O)C=O)O[C@@H](CO)[C@H](O)[C@H]1O. The molecule has 2 aliphatic heterocycles. The number of aldehydes is 1. The number of guanidine groups is 1. The van der Waals surface area contributed by atoms with Crippen LogP contribution >= 0.6 is 0 Å². The van der Waals surface area contributed by atoms with Crippen LogP contribution in [0.2, 0.25) is 0 Å². The topological polar surface area (TPSA) is 319 Å². The van der Waals surface area contributed by atoms with Crippen LogP contribution in [0, 0.1) is 0 Å². The Kier molecular flexibility index (Phi) is 11.4. The summed E-state index contributed by atoms with van der Waals surface area (Å²) in [6.45, 7) is 2.08. The number of amides is 1. The van der Waals surface area contributed by atoms with Gasteiger partial charge in [-0.3, -0.25) is 14.6 Å². The number of nitrogens with zero attached hydrogens (tertiary/aromatic N) is 3. The summed E-state index contributed by atoms with van der Waals surface area (Å²) in [6.07, 6.45) is -17.3. The molecular weight excluding hydrogens is 580 g/mol. The average Bonchev–Trinajstić information content (AvgIpc) is 3.21. The van der Waals surface area contributed by atoms with Gasteiger partial charge in [0, 0.05) is 13.5 Å². The number of hydrogen-bond acceptors (Lipinski definition) is 15. The van der Waals surface area contributed by atoms with E-state index in [1.54, 1.807) is 6.92 Å². The summed E-state index contributed by atoms with van der Waals surface area (Å²) < 4.78 is 23.2. The number of ether oxygens (including phenoxy) is 4. The van der Waals surface area contributed by atoms with Gasteiger partial charge in [0.1, 0.15) is 67.0 Å². The minimum atomic E-state index is -2.46. The highest BCUT2D eigenvalue weighted by molar-refractivity contribution is 5.76. The Balaban J connectivity index is 2.02. The van der Waals surface area contributed by atoms with E-state index in [1.165, 1.54) is 14.0 Å². The third-order valence-electron chi connectivity index (χ3n) is 8.07. The zero-order valence-corrected chi connectivity index (χ0v) is 23.8. The van der Waals surface area contributed by atoms with Crippen LogP contribution in [-0.4, -0.2) is 170 Å². The minimum absolute atomic E-state index is 0.00878. The number of aliphatic imine (C=N–C) groups is 2. The minimum Gasteiger partial charge on any atom is -0.394 e. The number of hydrogen-bond donors (Lipinski definition) is 10. The van der Waals surface area contributed by atoms with E-state index in [1.807, 2.05) is 0 Å². The van der Waals surface area contributed by atoms with Crippen molar-refractivity contribution in [2.24, 2.45) is 27.2 Å². The first-order valence-corrected chi connectivity index (χ1v) is 13.6. The van der Waals surface area contributed by atoms with Crippen molar-refractivity contribution in [3.8, 4) is 0 Å². The molecule has 1 amide bonds. The van der Waals surface area contributed by atoms with Gasteiger partial charge in [0.15, 0.2) is 30.4 Å². The number of likely N-dealkylation sites (N-methyl/N-ethyl adjacent to an activating group) is 1. The molecule has 0 radical (unpaired) electrons. The summed E-state index contributed by atoms with van der Waals surface area (Å²) in [6, 6.07) is -4.27. The molecule has 0 spiro atoms. The smallest absolute Gasteiger partial charge is 0.222 e. The standard InChI is InChI=1S/C24H42N6O13/c1-4-10(33)30(3)13-17(37)14(34)9(5-31)41-21(13)43-20-22(40-8(2)24(20,39)6-32)42-19-12(29-23(26)27)15(35)11(28-7-25)16(36)18(19)38/h6-9,11-22,31,34-39H,4-5H2,1-3H3,(H2,25,28)(H4,26,27,29)/t8-,9-,11+,12-,13-,14-,15-,16-,17-,18+,19+,20-,21-,22+,24+/m0/s1. The van der Waals surface area contributed by atoms with E-state index < -0.39 is 110 Å². The Bertz CT molecular complexity index is 1040. The third-order valence-corrected chi connectivity index (χ3v) is 8.07. The van der Waals surface area contributed by atoms with Crippen molar-refractivity contribution in [2.75, 3.05) is 13.7 Å². The second-order valence-electron chi connectivity index (χ2n) is 10.7. The van der Waals surface area contributed by atoms with Crippen LogP contribution in [0.1, 0.15) is 20.3 Å². The summed E-state index contributed by atoms with van der Waals surface area (Å²) >= 11 is 0. The van der Waals surface area contributed by atoms with Gasteiger partial charge in [-0.1, -0.05) is 6.92 Å². The predicted molar refractivity (Wildman–Crippen MR) is 144 cm³/mol. The van der Waals surface area contributed by atoms with Gasteiger partial charge in [0.2, 0.25) is 5.91 Å². The van der Waals surface area contributed by atoms with Crippen molar-refractivity contribution in [1.82, 2.24) is 4.90 Å². The lowest BCUT2D eigenvalue weighted by molar-refractivity contribution is -0.322. The molecule has 3 aliphatic rings. The molecule has 0 bridgehead atoms. The fourth-order valence-corrected chi connectivity index (χ4v) is 5.53. The quantitative estimate of drug-likeness (QED) is 0.0614. The summed E-state index contributed by atoms with van der Waals surface area (Å²) in [5.41, 5.74) is 13.9. The monoisotopic (exact) mass is 622 g/mol. The molecule has 0 unspecified atom stereocenters. The van der Waals surface area contributed by atoms with Crippen LogP contribution in [0.25, 0.3) is 0 Å². The molecule has 19 heteroatoms. The predicted octanol–water partition coefficient (Wildman–Crippen LogP) is -6.80. The van der Waals surface area contributed by atoms with Crippen molar-refractivity contribution in [3.05, 3.63) is 0 Å². The fourth-order valence-electron chi connectivity index (χ4n) is 5.53. The first-order valence-electron chi connectivity index (χ1n) is 13.6. The molecule has 0 aromatic heterocycles. The highest BCUT2D eigenvalue weighted by atomic mass is 16.8. The Morgan fingerprint density at radius 2 is 1.65 bits per heavy atom. The largest absolute Gasteiger partial charge is 0.394 e. The molecular formula is C24H42N6O13.